The van der Waals surface area contributed by atoms with Gasteiger partial charge in [0, 0.05) is 0 Å². The topological polar surface area (TPSA) is 57.8 Å². The highest BCUT2D eigenvalue weighted by molar-refractivity contribution is 5.95. The van der Waals surface area contributed by atoms with E-state index >= 15 is 0 Å². The number of amides is 1. The maximum Gasteiger partial charge on any atom is 0.257 e. The minimum Gasteiger partial charge on any atom is -0.342 e. The molecular weight excluding hydrogens is 288 g/mol. The molecule has 1 aromatic heterocycles. The highest BCUT2D eigenvalue weighted by Crippen LogP contribution is 2.17. The zero-order valence-electron chi connectivity index (χ0n) is 11.7. The summed E-state index contributed by atoms with van der Waals surface area (Å²) in [5.74, 6) is -2.08. The van der Waals surface area contributed by atoms with Crippen molar-refractivity contribution in [2.24, 2.45) is 0 Å². The van der Waals surface area contributed by atoms with Crippen LogP contribution in [0.5, 0.6) is 0 Å². The summed E-state index contributed by atoms with van der Waals surface area (Å²) < 4.78 is 27.2. The highest BCUT2D eigenvalue weighted by Gasteiger charge is 2.20. The van der Waals surface area contributed by atoms with E-state index in [1.807, 2.05) is 24.3 Å². The molecule has 3 aromatic rings. The molecule has 0 radical (unpaired) electrons. The third-order valence-electron chi connectivity index (χ3n) is 3.36. The number of imidazole rings is 1. The number of rotatable bonds is 3. The fourth-order valence-electron chi connectivity index (χ4n) is 2.23. The zero-order valence-corrected chi connectivity index (χ0v) is 11.7. The molecule has 6 heteroatoms. The number of fused-ring (bicyclic) bond motifs is 1. The molecule has 0 aliphatic carbocycles. The first-order valence-corrected chi connectivity index (χ1v) is 6.76. The molecule has 1 amide bonds. The zero-order chi connectivity index (χ0) is 15.7. The number of hydrogen-bond donors (Lipinski definition) is 2. The number of benzene rings is 2. The number of para-hydroxylation sites is 2. The Labute approximate surface area is 125 Å². The molecule has 0 unspecified atom stereocenters. The Morgan fingerprint density at radius 2 is 1.82 bits per heavy atom. The molecule has 0 aliphatic rings. The van der Waals surface area contributed by atoms with E-state index in [-0.39, 0.29) is 0 Å². The minimum atomic E-state index is -0.894. The van der Waals surface area contributed by atoms with Crippen LogP contribution in [-0.2, 0) is 0 Å². The van der Waals surface area contributed by atoms with Gasteiger partial charge in [0.05, 0.1) is 17.1 Å². The molecule has 0 fully saturated rings. The molecule has 1 atom stereocenters. The monoisotopic (exact) mass is 301 g/mol. The molecule has 0 saturated heterocycles. The lowest BCUT2D eigenvalue weighted by molar-refractivity contribution is 0.0930. The third-order valence-corrected chi connectivity index (χ3v) is 3.36. The lowest BCUT2D eigenvalue weighted by Gasteiger charge is -2.12. The first-order valence-electron chi connectivity index (χ1n) is 6.76. The van der Waals surface area contributed by atoms with Gasteiger partial charge in [0.25, 0.3) is 5.91 Å². The number of aromatic nitrogens is 2. The van der Waals surface area contributed by atoms with Crippen molar-refractivity contribution in [3.05, 3.63) is 65.5 Å². The van der Waals surface area contributed by atoms with Crippen molar-refractivity contribution < 1.29 is 13.6 Å². The van der Waals surface area contributed by atoms with Gasteiger partial charge in [0.15, 0.2) is 0 Å². The summed E-state index contributed by atoms with van der Waals surface area (Å²) in [6.07, 6.45) is 0. The second kappa shape index (κ2) is 5.55. The number of hydrogen-bond acceptors (Lipinski definition) is 2. The Hall–Kier alpha value is -2.76. The Bertz CT molecular complexity index is 791. The summed E-state index contributed by atoms with van der Waals surface area (Å²) in [6, 6.07) is 10.2. The van der Waals surface area contributed by atoms with Gasteiger partial charge in [0.1, 0.15) is 23.0 Å². The van der Waals surface area contributed by atoms with E-state index in [9.17, 15) is 13.6 Å². The molecule has 0 spiro atoms. The molecular formula is C16H13F2N3O. The van der Waals surface area contributed by atoms with Crippen LogP contribution in [0.4, 0.5) is 8.78 Å². The van der Waals surface area contributed by atoms with Crippen LogP contribution in [0.3, 0.4) is 0 Å². The average Bonchev–Trinajstić information content (AvgIpc) is 2.91. The lowest BCUT2D eigenvalue weighted by Crippen LogP contribution is -2.29. The normalized spacial score (nSPS) is 12.3. The molecule has 0 saturated carbocycles. The Morgan fingerprint density at radius 1 is 1.14 bits per heavy atom. The number of halogens is 2. The number of nitrogens with zero attached hydrogens (tertiary/aromatic N) is 1. The van der Waals surface area contributed by atoms with Crippen LogP contribution in [0, 0.1) is 11.6 Å². The van der Waals surface area contributed by atoms with Gasteiger partial charge < -0.3 is 10.3 Å². The smallest absolute Gasteiger partial charge is 0.257 e. The second-order valence-corrected chi connectivity index (χ2v) is 4.93. The first kappa shape index (κ1) is 14.2. The molecule has 22 heavy (non-hydrogen) atoms. The molecule has 0 aliphatic heterocycles. The predicted molar refractivity (Wildman–Crippen MR) is 78.3 cm³/mol. The average molecular weight is 301 g/mol. The van der Waals surface area contributed by atoms with Crippen LogP contribution in [0.2, 0.25) is 0 Å². The second-order valence-electron chi connectivity index (χ2n) is 4.93. The standard InChI is InChI=1S/C16H13F2N3O/c1-9(15-20-12-7-2-3-8-13(12)21-15)19-16(22)14-10(17)5-4-6-11(14)18/h2-9H,1H3,(H,19,22)(H,20,21)/t9-/m0/s1. The number of carbonyl (C=O) groups excluding carboxylic acids is 1. The molecule has 1 heterocycles. The molecule has 4 nitrogen and oxygen atoms in total. The summed E-state index contributed by atoms with van der Waals surface area (Å²) in [6.45, 7) is 1.69. The van der Waals surface area contributed by atoms with Gasteiger partial charge in [-0.15, -0.1) is 0 Å². The van der Waals surface area contributed by atoms with Crippen molar-refractivity contribution in [1.29, 1.82) is 0 Å². The van der Waals surface area contributed by atoms with E-state index in [2.05, 4.69) is 15.3 Å². The van der Waals surface area contributed by atoms with Crippen LogP contribution >= 0.6 is 0 Å². The Balaban J connectivity index is 1.84. The van der Waals surface area contributed by atoms with Crippen LogP contribution < -0.4 is 5.32 Å². The molecule has 112 valence electrons. The predicted octanol–water partition coefficient (Wildman–Crippen LogP) is 3.33. The Morgan fingerprint density at radius 3 is 2.50 bits per heavy atom. The van der Waals surface area contributed by atoms with E-state index in [4.69, 9.17) is 0 Å². The lowest BCUT2D eigenvalue weighted by atomic mass is 10.1. The largest absolute Gasteiger partial charge is 0.342 e. The SMILES string of the molecule is C[C@H](NC(=O)c1c(F)cccc1F)c1nc2ccccc2[nH]1. The van der Waals surface area contributed by atoms with Crippen molar-refractivity contribution in [3.8, 4) is 0 Å². The van der Waals surface area contributed by atoms with Crippen molar-refractivity contribution in [1.82, 2.24) is 15.3 Å². The molecule has 0 bridgehead atoms. The number of H-pyrrole nitrogens is 1. The Kier molecular flexibility index (Phi) is 3.58. The van der Waals surface area contributed by atoms with Gasteiger partial charge in [-0.25, -0.2) is 13.8 Å². The van der Waals surface area contributed by atoms with Gasteiger partial charge in [-0.1, -0.05) is 18.2 Å². The van der Waals surface area contributed by atoms with Crippen molar-refractivity contribution in [2.45, 2.75) is 13.0 Å². The van der Waals surface area contributed by atoms with Crippen molar-refractivity contribution in [2.75, 3.05) is 0 Å². The fraction of sp³-hybridized carbons (Fsp3) is 0.125. The number of aromatic amines is 1. The van der Waals surface area contributed by atoms with E-state index in [0.29, 0.717) is 5.82 Å². The summed E-state index contributed by atoms with van der Waals surface area (Å²) in [5, 5.41) is 2.54. The van der Waals surface area contributed by atoms with E-state index in [0.717, 1.165) is 23.2 Å². The third kappa shape index (κ3) is 2.55. The quantitative estimate of drug-likeness (QED) is 0.779. The van der Waals surface area contributed by atoms with Crippen LogP contribution in [-0.4, -0.2) is 15.9 Å². The van der Waals surface area contributed by atoms with Gasteiger partial charge in [-0.2, -0.15) is 0 Å². The summed E-state index contributed by atoms with van der Waals surface area (Å²) in [7, 11) is 0. The van der Waals surface area contributed by atoms with Gasteiger partial charge in [-0.3, -0.25) is 4.79 Å². The maximum atomic E-state index is 13.6. The van der Waals surface area contributed by atoms with E-state index in [1.165, 1.54) is 6.07 Å². The van der Waals surface area contributed by atoms with Crippen LogP contribution in [0.15, 0.2) is 42.5 Å². The molecule has 3 rings (SSSR count). The summed E-state index contributed by atoms with van der Waals surface area (Å²) in [4.78, 5) is 19.5. The van der Waals surface area contributed by atoms with Crippen LogP contribution in [0.25, 0.3) is 11.0 Å². The molecule has 2 N–H and O–H groups in total. The summed E-state index contributed by atoms with van der Waals surface area (Å²) in [5.41, 5.74) is 0.997. The number of carbonyl (C=O) groups is 1. The molecule has 2 aromatic carbocycles. The van der Waals surface area contributed by atoms with Gasteiger partial charge in [-0.05, 0) is 31.2 Å². The highest BCUT2D eigenvalue weighted by atomic mass is 19.1. The van der Waals surface area contributed by atoms with Gasteiger partial charge in [0.2, 0.25) is 0 Å². The fourth-order valence-corrected chi connectivity index (χ4v) is 2.23. The maximum absolute atomic E-state index is 13.6. The van der Waals surface area contributed by atoms with E-state index in [1.54, 1.807) is 6.92 Å². The summed E-state index contributed by atoms with van der Waals surface area (Å²) >= 11 is 0. The first-order chi connectivity index (χ1) is 10.6. The van der Waals surface area contributed by atoms with Crippen LogP contribution in [0.1, 0.15) is 29.1 Å². The minimum absolute atomic E-state index is 0.515. The van der Waals surface area contributed by atoms with Crippen molar-refractivity contribution in [3.63, 3.8) is 0 Å². The van der Waals surface area contributed by atoms with E-state index < -0.39 is 29.1 Å². The number of nitrogens with one attached hydrogen (secondary N) is 2. The van der Waals surface area contributed by atoms with Crippen molar-refractivity contribution >= 4 is 16.9 Å². The van der Waals surface area contributed by atoms with Gasteiger partial charge >= 0.3 is 0 Å².